The molecule has 0 unspecified atom stereocenters. The van der Waals surface area contributed by atoms with Crippen molar-refractivity contribution in [2.75, 3.05) is 0 Å². The third kappa shape index (κ3) is 18.9. The summed E-state index contributed by atoms with van der Waals surface area (Å²) >= 11 is 0. The predicted octanol–water partition coefficient (Wildman–Crippen LogP) is -0.497. The van der Waals surface area contributed by atoms with E-state index in [1.165, 1.54) is 48.5 Å². The Kier molecular flexibility index (Phi) is 21.2. The van der Waals surface area contributed by atoms with E-state index in [2.05, 4.69) is 31.9 Å². The average molecular weight is 998 g/mol. The number of carbonyl (C=O) groups is 10. The molecule has 0 aliphatic rings. The number of nitrogens with two attached hydrogens (primary N) is 1. The SMILES string of the molecule is N[C@@H](CC(=O)O)C(=O)N[C@@H](CC(=O)O)C(=O)N[C@@H](Cc1ccc(O)cc1)C(=O)N[C@@H](Cc1ccc(O)cc1)C(=O)N[C@@H](Cc1ccccc1)C(=O)N[C@@H](CCC(=O)O)C(=O)N[C@@H](Cc1ccccc1)C(=O)O. The van der Waals surface area contributed by atoms with Gasteiger partial charge >= 0.3 is 23.9 Å². The molecule has 4 aromatic carbocycles. The molecule has 7 atom stereocenters. The molecule has 14 N–H and O–H groups in total. The Labute approximate surface area is 411 Å². The normalized spacial score (nSPS) is 13.7. The van der Waals surface area contributed by atoms with Crippen LogP contribution in [0.3, 0.4) is 0 Å². The van der Waals surface area contributed by atoms with Crippen molar-refractivity contribution in [2.24, 2.45) is 5.73 Å². The van der Waals surface area contributed by atoms with Crippen LogP contribution < -0.4 is 37.6 Å². The van der Waals surface area contributed by atoms with E-state index in [1.54, 1.807) is 60.7 Å². The van der Waals surface area contributed by atoms with Gasteiger partial charge in [0.15, 0.2) is 0 Å². The standard InChI is InChI=1S/C49H55N7O16/c50-33(25-41(61)62)43(65)52-38(26-42(63)64)48(70)55-37(23-30-13-17-32(58)18-14-30)47(69)54-36(22-29-11-15-31(57)16-12-29)46(68)53-35(21-27-7-3-1-4-8-27)45(67)51-34(19-20-40(59)60)44(66)56-39(49(71)72)24-28-9-5-2-6-10-28/h1-18,33-39,57-58H,19-26,50H2,(H,51,67)(H,52,65)(H,53,68)(H,54,69)(H,55,70)(H,56,66)(H,59,60)(H,61,62)(H,63,64)(H,71,72)/t33-,34-,35-,36-,37-,38-,39-/m0/s1. The average Bonchev–Trinajstić information content (AvgIpc) is 3.33. The number of amides is 6. The van der Waals surface area contributed by atoms with Crippen molar-refractivity contribution in [3.8, 4) is 11.5 Å². The fraction of sp³-hybridized carbons (Fsp3) is 0.306. The first-order valence-corrected chi connectivity index (χ1v) is 22.3. The van der Waals surface area contributed by atoms with Gasteiger partial charge in [0.2, 0.25) is 35.4 Å². The number of aromatic hydroxyl groups is 2. The van der Waals surface area contributed by atoms with Crippen LogP contribution in [-0.4, -0.2) is 132 Å². The molecule has 382 valence electrons. The van der Waals surface area contributed by atoms with Gasteiger partial charge in [0, 0.05) is 32.1 Å². The molecule has 23 nitrogen and oxygen atoms in total. The highest BCUT2D eigenvalue weighted by Gasteiger charge is 2.35. The monoisotopic (exact) mass is 997 g/mol. The zero-order valence-electron chi connectivity index (χ0n) is 38.4. The fourth-order valence-electron chi connectivity index (χ4n) is 7.10. The summed E-state index contributed by atoms with van der Waals surface area (Å²) in [7, 11) is 0. The van der Waals surface area contributed by atoms with Crippen LogP contribution in [0.4, 0.5) is 0 Å². The molecule has 0 fully saturated rings. The van der Waals surface area contributed by atoms with Crippen LogP contribution in [-0.2, 0) is 73.6 Å². The number of phenolic OH excluding ortho intramolecular Hbond substituents is 2. The second kappa shape index (κ2) is 27.4. The van der Waals surface area contributed by atoms with Crippen molar-refractivity contribution in [3.05, 3.63) is 131 Å². The van der Waals surface area contributed by atoms with Gasteiger partial charge in [-0.2, -0.15) is 0 Å². The maximum Gasteiger partial charge on any atom is 0.326 e. The van der Waals surface area contributed by atoms with Crippen molar-refractivity contribution in [2.45, 2.75) is 93.7 Å². The van der Waals surface area contributed by atoms with E-state index >= 15 is 0 Å². The number of rotatable bonds is 28. The number of carboxylic acid groups (broad SMARTS) is 4. The zero-order chi connectivity index (χ0) is 52.9. The number of nitrogens with one attached hydrogen (secondary N) is 6. The minimum Gasteiger partial charge on any atom is -0.508 e. The summed E-state index contributed by atoms with van der Waals surface area (Å²) in [5.41, 5.74) is 7.35. The molecule has 4 rings (SSSR count). The Bertz CT molecular complexity index is 2550. The Hall–Kier alpha value is -8.86. The Balaban J connectivity index is 1.69. The topological polar surface area (TPSA) is 390 Å². The van der Waals surface area contributed by atoms with Gasteiger partial charge in [-0.05, 0) is 52.9 Å². The summed E-state index contributed by atoms with van der Waals surface area (Å²) < 4.78 is 0. The number of hydrogen-bond acceptors (Lipinski definition) is 13. The molecule has 0 aromatic heterocycles. The largest absolute Gasteiger partial charge is 0.508 e. The molecule has 0 radical (unpaired) electrons. The summed E-state index contributed by atoms with van der Waals surface area (Å²) in [4.78, 5) is 130. The molecule has 4 aromatic rings. The molecule has 0 aliphatic carbocycles. The van der Waals surface area contributed by atoms with Crippen LogP contribution in [0.1, 0.15) is 47.9 Å². The summed E-state index contributed by atoms with van der Waals surface area (Å²) in [6.45, 7) is 0. The van der Waals surface area contributed by atoms with Crippen LogP contribution in [0.2, 0.25) is 0 Å². The molecule has 6 amide bonds. The molecule has 0 aliphatic heterocycles. The molecule has 72 heavy (non-hydrogen) atoms. The van der Waals surface area contributed by atoms with Gasteiger partial charge in [0.05, 0.1) is 18.9 Å². The number of hydrogen-bond donors (Lipinski definition) is 13. The lowest BCUT2D eigenvalue weighted by Gasteiger charge is -2.28. The highest BCUT2D eigenvalue weighted by molar-refractivity contribution is 5.98. The molecule has 23 heteroatoms. The predicted molar refractivity (Wildman–Crippen MR) is 252 cm³/mol. The lowest BCUT2D eigenvalue weighted by atomic mass is 10.00. The van der Waals surface area contributed by atoms with E-state index in [0.717, 1.165) is 0 Å². The summed E-state index contributed by atoms with van der Waals surface area (Å²) in [6.07, 6.45) is -4.18. The smallest absolute Gasteiger partial charge is 0.326 e. The molecule has 0 bridgehead atoms. The number of carbonyl (C=O) groups excluding carboxylic acids is 6. The lowest BCUT2D eigenvalue weighted by Crippen LogP contribution is -2.61. The second-order valence-corrected chi connectivity index (χ2v) is 16.6. The Morgan fingerprint density at radius 3 is 1.07 bits per heavy atom. The molecule has 0 spiro atoms. The van der Waals surface area contributed by atoms with Crippen LogP contribution in [0.5, 0.6) is 11.5 Å². The second-order valence-electron chi connectivity index (χ2n) is 16.6. The van der Waals surface area contributed by atoms with E-state index in [0.29, 0.717) is 22.3 Å². The maximum atomic E-state index is 14.6. The first-order chi connectivity index (χ1) is 34.2. The highest BCUT2D eigenvalue weighted by atomic mass is 16.4. The number of aliphatic carboxylic acids is 4. The zero-order valence-corrected chi connectivity index (χ0v) is 38.4. The highest BCUT2D eigenvalue weighted by Crippen LogP contribution is 2.16. The van der Waals surface area contributed by atoms with Crippen LogP contribution in [0, 0.1) is 0 Å². The summed E-state index contributed by atoms with van der Waals surface area (Å²) in [5.74, 6) is -12.7. The van der Waals surface area contributed by atoms with Gasteiger partial charge in [-0.3, -0.25) is 43.2 Å². The van der Waals surface area contributed by atoms with Gasteiger partial charge in [0.1, 0.15) is 47.8 Å². The van der Waals surface area contributed by atoms with Gasteiger partial charge < -0.3 is 68.3 Å². The van der Waals surface area contributed by atoms with E-state index in [4.69, 9.17) is 10.8 Å². The van der Waals surface area contributed by atoms with E-state index in [1.807, 2.05) is 0 Å². The Morgan fingerprint density at radius 2 is 0.694 bits per heavy atom. The van der Waals surface area contributed by atoms with E-state index in [-0.39, 0.29) is 37.2 Å². The summed E-state index contributed by atoms with van der Waals surface area (Å²) in [6, 6.07) is 15.7. The maximum absolute atomic E-state index is 14.6. The molecular formula is C49H55N7O16. The first-order valence-electron chi connectivity index (χ1n) is 22.3. The fourth-order valence-corrected chi connectivity index (χ4v) is 7.10. The molecule has 0 heterocycles. The minimum atomic E-state index is -1.90. The van der Waals surface area contributed by atoms with Gasteiger partial charge in [-0.25, -0.2) is 4.79 Å². The van der Waals surface area contributed by atoms with Gasteiger partial charge in [0.25, 0.3) is 0 Å². The number of carboxylic acids is 4. The van der Waals surface area contributed by atoms with Crippen molar-refractivity contribution < 1.29 is 78.6 Å². The van der Waals surface area contributed by atoms with Crippen LogP contribution in [0.25, 0.3) is 0 Å². The van der Waals surface area contributed by atoms with Crippen LogP contribution in [0.15, 0.2) is 109 Å². The van der Waals surface area contributed by atoms with Crippen LogP contribution >= 0.6 is 0 Å². The molecule has 0 saturated carbocycles. The molecule has 0 saturated heterocycles. The quantitative estimate of drug-likeness (QED) is 0.0341. The third-order valence-electron chi connectivity index (χ3n) is 10.9. The third-order valence-corrected chi connectivity index (χ3v) is 10.9. The number of benzene rings is 4. The van der Waals surface area contributed by atoms with E-state index < -0.39 is 127 Å². The van der Waals surface area contributed by atoms with Gasteiger partial charge in [-0.15, -0.1) is 0 Å². The van der Waals surface area contributed by atoms with E-state index in [9.17, 15) is 73.5 Å². The lowest BCUT2D eigenvalue weighted by molar-refractivity contribution is -0.143. The van der Waals surface area contributed by atoms with Crippen molar-refractivity contribution >= 4 is 59.3 Å². The Morgan fingerprint density at radius 1 is 0.375 bits per heavy atom. The van der Waals surface area contributed by atoms with Gasteiger partial charge in [-0.1, -0.05) is 84.9 Å². The first kappa shape index (κ1) is 55.7. The minimum absolute atomic E-state index is 0.150. The number of phenols is 2. The van der Waals surface area contributed by atoms with Crippen molar-refractivity contribution in [3.63, 3.8) is 0 Å². The summed E-state index contributed by atoms with van der Waals surface area (Å²) in [5, 5.41) is 72.5. The van der Waals surface area contributed by atoms with Crippen molar-refractivity contribution in [1.82, 2.24) is 31.9 Å². The van der Waals surface area contributed by atoms with Crippen molar-refractivity contribution in [1.29, 1.82) is 0 Å². The molecular weight excluding hydrogens is 943 g/mol.